The second kappa shape index (κ2) is 5.92. The van der Waals surface area contributed by atoms with Gasteiger partial charge in [0.2, 0.25) is 0 Å². The molecule has 0 radical (unpaired) electrons. The molecule has 20 heavy (non-hydrogen) atoms. The normalized spacial score (nSPS) is 11.9. The van der Waals surface area contributed by atoms with E-state index in [0.29, 0.717) is 16.3 Å². The lowest BCUT2D eigenvalue weighted by Gasteiger charge is -2.16. The van der Waals surface area contributed by atoms with Crippen molar-refractivity contribution in [3.63, 3.8) is 0 Å². The highest BCUT2D eigenvalue weighted by Gasteiger charge is 2.15. The third-order valence-corrected chi connectivity index (χ3v) is 3.38. The number of nitrogen functional groups attached to an aromatic ring is 1. The molecule has 0 aliphatic heterocycles. The van der Waals surface area contributed by atoms with E-state index in [0.717, 1.165) is 11.3 Å². The molecule has 5 heteroatoms. The van der Waals surface area contributed by atoms with Gasteiger partial charge in [0, 0.05) is 22.6 Å². The molecule has 0 bridgehead atoms. The third-order valence-electron chi connectivity index (χ3n) is 3.04. The fraction of sp³-hybridized carbons (Fsp3) is 0.200. The lowest BCUT2D eigenvalue weighted by atomic mass is 10.1. The highest BCUT2D eigenvalue weighted by atomic mass is 35.5. The zero-order valence-electron chi connectivity index (χ0n) is 11.4. The maximum Gasteiger partial charge on any atom is 0.255 e. The Balaban J connectivity index is 2.17. The van der Waals surface area contributed by atoms with Crippen LogP contribution in [0.4, 0.5) is 5.69 Å². The van der Waals surface area contributed by atoms with Crippen LogP contribution in [0.3, 0.4) is 0 Å². The fourth-order valence-electron chi connectivity index (χ4n) is 1.95. The number of nitrogens with one attached hydrogen (secondary N) is 1. The van der Waals surface area contributed by atoms with Gasteiger partial charge in [0.1, 0.15) is 0 Å². The largest absolute Gasteiger partial charge is 0.398 e. The summed E-state index contributed by atoms with van der Waals surface area (Å²) in [5, 5.41) is 3.49. The predicted molar refractivity (Wildman–Crippen MR) is 80.7 cm³/mol. The van der Waals surface area contributed by atoms with Crippen LogP contribution in [0.25, 0.3) is 0 Å². The molecule has 4 nitrogen and oxygen atoms in total. The number of nitrogens with zero attached hydrogens (tertiary/aromatic N) is 1. The van der Waals surface area contributed by atoms with E-state index in [4.69, 9.17) is 17.3 Å². The molecule has 104 valence electrons. The number of aryl methyl sites for hydroxylation is 1. The molecule has 0 aliphatic rings. The van der Waals surface area contributed by atoms with Gasteiger partial charge in [-0.05, 0) is 31.5 Å². The molecule has 2 aromatic rings. The molecule has 1 amide bonds. The van der Waals surface area contributed by atoms with Gasteiger partial charge in [-0.15, -0.1) is 0 Å². The van der Waals surface area contributed by atoms with Crippen molar-refractivity contribution in [2.75, 3.05) is 5.73 Å². The SMILES string of the molecule is Cc1cc(N)c(C(=O)NC(C)c2ccccc2Cl)cn1. The van der Waals surface area contributed by atoms with Crippen molar-refractivity contribution in [3.8, 4) is 0 Å². The number of carbonyl (C=O) groups excluding carboxylic acids is 1. The summed E-state index contributed by atoms with van der Waals surface area (Å²) >= 11 is 6.11. The molecule has 0 spiro atoms. The molecular weight excluding hydrogens is 274 g/mol. The Kier molecular flexibility index (Phi) is 4.25. The molecule has 0 aliphatic carbocycles. The fourth-order valence-corrected chi connectivity index (χ4v) is 2.25. The molecule has 1 aromatic heterocycles. The van der Waals surface area contributed by atoms with E-state index in [2.05, 4.69) is 10.3 Å². The summed E-state index contributed by atoms with van der Waals surface area (Å²) in [4.78, 5) is 16.3. The van der Waals surface area contributed by atoms with E-state index in [1.54, 1.807) is 12.1 Å². The number of amides is 1. The summed E-state index contributed by atoms with van der Waals surface area (Å²) in [5.74, 6) is -0.262. The molecule has 2 rings (SSSR count). The number of benzene rings is 1. The van der Waals surface area contributed by atoms with Crippen LogP contribution in [0.15, 0.2) is 36.5 Å². The number of nitrogens with two attached hydrogens (primary N) is 1. The van der Waals surface area contributed by atoms with Gasteiger partial charge in [0.25, 0.3) is 5.91 Å². The van der Waals surface area contributed by atoms with Gasteiger partial charge < -0.3 is 11.1 Å². The van der Waals surface area contributed by atoms with E-state index in [1.165, 1.54) is 6.20 Å². The Morgan fingerprint density at radius 1 is 1.40 bits per heavy atom. The first kappa shape index (κ1) is 14.3. The van der Waals surface area contributed by atoms with Crippen LogP contribution in [0, 0.1) is 6.92 Å². The number of anilines is 1. The van der Waals surface area contributed by atoms with Gasteiger partial charge in [-0.3, -0.25) is 9.78 Å². The molecular formula is C15H16ClN3O. The van der Waals surface area contributed by atoms with E-state index >= 15 is 0 Å². The van der Waals surface area contributed by atoms with Gasteiger partial charge in [-0.25, -0.2) is 0 Å². The van der Waals surface area contributed by atoms with E-state index in [9.17, 15) is 4.79 Å². The number of hydrogen-bond donors (Lipinski definition) is 2. The molecule has 0 fully saturated rings. The highest BCUT2D eigenvalue weighted by Crippen LogP contribution is 2.23. The topological polar surface area (TPSA) is 68.0 Å². The zero-order chi connectivity index (χ0) is 14.7. The quantitative estimate of drug-likeness (QED) is 0.912. The highest BCUT2D eigenvalue weighted by molar-refractivity contribution is 6.31. The minimum absolute atomic E-state index is 0.211. The Hall–Kier alpha value is -2.07. The Morgan fingerprint density at radius 2 is 2.10 bits per heavy atom. The van der Waals surface area contributed by atoms with Crippen molar-refractivity contribution >= 4 is 23.2 Å². The first-order valence-corrected chi connectivity index (χ1v) is 6.64. The summed E-state index contributed by atoms with van der Waals surface area (Å²) < 4.78 is 0. The lowest BCUT2D eigenvalue weighted by Crippen LogP contribution is -2.27. The van der Waals surface area contributed by atoms with Gasteiger partial charge in [0.05, 0.1) is 11.6 Å². The van der Waals surface area contributed by atoms with Crippen molar-refractivity contribution in [1.82, 2.24) is 10.3 Å². The molecule has 1 heterocycles. The average molecular weight is 290 g/mol. The average Bonchev–Trinajstić information content (AvgIpc) is 2.38. The first-order valence-electron chi connectivity index (χ1n) is 6.26. The van der Waals surface area contributed by atoms with Crippen molar-refractivity contribution in [2.24, 2.45) is 0 Å². The Morgan fingerprint density at radius 3 is 2.75 bits per heavy atom. The smallest absolute Gasteiger partial charge is 0.255 e. The van der Waals surface area contributed by atoms with Crippen LogP contribution >= 0.6 is 11.6 Å². The summed E-state index contributed by atoms with van der Waals surface area (Å²) in [7, 11) is 0. The summed E-state index contributed by atoms with van der Waals surface area (Å²) in [6, 6.07) is 8.87. The van der Waals surface area contributed by atoms with Crippen molar-refractivity contribution in [1.29, 1.82) is 0 Å². The second-order valence-electron chi connectivity index (χ2n) is 4.63. The minimum Gasteiger partial charge on any atom is -0.398 e. The third kappa shape index (κ3) is 3.08. The van der Waals surface area contributed by atoms with Crippen LogP contribution in [-0.4, -0.2) is 10.9 Å². The van der Waals surface area contributed by atoms with Crippen LogP contribution < -0.4 is 11.1 Å². The number of halogens is 1. The second-order valence-corrected chi connectivity index (χ2v) is 5.04. The van der Waals surface area contributed by atoms with Crippen molar-refractivity contribution in [2.45, 2.75) is 19.9 Å². The molecule has 1 atom stereocenters. The number of pyridine rings is 1. The predicted octanol–water partition coefficient (Wildman–Crippen LogP) is 3.12. The summed E-state index contributed by atoms with van der Waals surface area (Å²) in [5.41, 5.74) is 8.27. The summed E-state index contributed by atoms with van der Waals surface area (Å²) in [6.07, 6.45) is 1.49. The van der Waals surface area contributed by atoms with Gasteiger partial charge >= 0.3 is 0 Å². The molecule has 0 saturated carbocycles. The molecule has 1 aromatic carbocycles. The van der Waals surface area contributed by atoms with E-state index in [1.807, 2.05) is 32.0 Å². The van der Waals surface area contributed by atoms with E-state index in [-0.39, 0.29) is 11.9 Å². The minimum atomic E-state index is -0.262. The Labute approximate surface area is 123 Å². The number of carbonyl (C=O) groups is 1. The molecule has 3 N–H and O–H groups in total. The van der Waals surface area contributed by atoms with Crippen LogP contribution in [0.5, 0.6) is 0 Å². The van der Waals surface area contributed by atoms with Gasteiger partial charge in [0.15, 0.2) is 0 Å². The number of rotatable bonds is 3. The van der Waals surface area contributed by atoms with Crippen molar-refractivity contribution < 1.29 is 4.79 Å². The summed E-state index contributed by atoms with van der Waals surface area (Å²) in [6.45, 7) is 3.70. The number of aromatic nitrogens is 1. The maximum absolute atomic E-state index is 12.2. The van der Waals surface area contributed by atoms with E-state index < -0.39 is 0 Å². The van der Waals surface area contributed by atoms with Crippen molar-refractivity contribution in [3.05, 3.63) is 58.4 Å². The van der Waals surface area contributed by atoms with Gasteiger partial charge in [-0.1, -0.05) is 29.8 Å². The van der Waals surface area contributed by atoms with Crippen LogP contribution in [0.1, 0.15) is 34.6 Å². The first-order chi connectivity index (χ1) is 9.49. The maximum atomic E-state index is 12.2. The molecule has 1 unspecified atom stereocenters. The van der Waals surface area contributed by atoms with Gasteiger partial charge in [-0.2, -0.15) is 0 Å². The zero-order valence-corrected chi connectivity index (χ0v) is 12.1. The van der Waals surface area contributed by atoms with Crippen LogP contribution in [0.2, 0.25) is 5.02 Å². The van der Waals surface area contributed by atoms with Crippen LogP contribution in [-0.2, 0) is 0 Å². The standard InChI is InChI=1S/C15H16ClN3O/c1-9-7-14(17)12(8-18-9)15(20)19-10(2)11-5-3-4-6-13(11)16/h3-8,10H,1-2H3,(H2,17,18)(H,19,20). The number of hydrogen-bond acceptors (Lipinski definition) is 3. The monoisotopic (exact) mass is 289 g/mol. The Bertz CT molecular complexity index is 643. The molecule has 0 saturated heterocycles. The lowest BCUT2D eigenvalue weighted by molar-refractivity contribution is 0.0940.